The van der Waals surface area contributed by atoms with Gasteiger partial charge in [0.15, 0.2) is 5.43 Å². The minimum absolute atomic E-state index is 0.0137. The van der Waals surface area contributed by atoms with Gasteiger partial charge in [-0.1, -0.05) is 97.1 Å². The smallest absolute Gasteiger partial charge is 0.197 e. The van der Waals surface area contributed by atoms with Crippen LogP contribution in [-0.2, 0) is 0 Å². The van der Waals surface area contributed by atoms with E-state index >= 15 is 0 Å². The van der Waals surface area contributed by atoms with Crippen molar-refractivity contribution < 1.29 is 4.39 Å². The number of pyridine rings is 1. The standard InChI is InChI=1S/C37H24FNO/c38-31-17-11-27(12-18-31)28-13-19-32(20-14-28)39-35-21-15-29(25-7-3-1-4-8-25)23-33(35)37(40)34-24-30(16-22-36(34)39)26-9-5-2-6-10-26/h1-24H. The molecule has 0 bridgehead atoms. The van der Waals surface area contributed by atoms with Gasteiger partial charge in [0.05, 0.1) is 11.0 Å². The summed E-state index contributed by atoms with van der Waals surface area (Å²) in [5.41, 5.74) is 8.73. The monoisotopic (exact) mass is 517 g/mol. The highest BCUT2D eigenvalue weighted by Crippen LogP contribution is 2.31. The summed E-state index contributed by atoms with van der Waals surface area (Å²) in [6.45, 7) is 0. The molecule has 0 unspecified atom stereocenters. The highest BCUT2D eigenvalue weighted by molar-refractivity contribution is 5.98. The summed E-state index contributed by atoms with van der Waals surface area (Å²) in [6, 6.07) is 47.2. The molecule has 6 aromatic carbocycles. The molecule has 190 valence electrons. The lowest BCUT2D eigenvalue weighted by atomic mass is 9.99. The minimum atomic E-state index is -0.253. The molecule has 40 heavy (non-hydrogen) atoms. The Bertz CT molecular complexity index is 1940. The van der Waals surface area contributed by atoms with Crippen molar-refractivity contribution in [2.24, 2.45) is 0 Å². The number of hydrogen-bond donors (Lipinski definition) is 0. The molecule has 0 aliphatic carbocycles. The van der Waals surface area contributed by atoms with Crippen molar-refractivity contribution in [3.63, 3.8) is 0 Å². The predicted octanol–water partition coefficient (Wildman–Crippen LogP) is 9.28. The van der Waals surface area contributed by atoms with Crippen LogP contribution in [0.5, 0.6) is 0 Å². The molecule has 0 fully saturated rings. The Hall–Kier alpha value is -5.28. The first-order valence-corrected chi connectivity index (χ1v) is 13.3. The fraction of sp³-hybridized carbons (Fsp3) is 0. The lowest BCUT2D eigenvalue weighted by Gasteiger charge is -2.17. The van der Waals surface area contributed by atoms with Crippen LogP contribution in [0.3, 0.4) is 0 Å². The van der Waals surface area contributed by atoms with E-state index in [0.717, 1.165) is 50.1 Å². The molecule has 0 amide bonds. The van der Waals surface area contributed by atoms with Gasteiger partial charge in [0, 0.05) is 16.5 Å². The van der Waals surface area contributed by atoms with Crippen molar-refractivity contribution in [2.45, 2.75) is 0 Å². The molecule has 0 radical (unpaired) electrons. The summed E-state index contributed by atoms with van der Waals surface area (Å²) in [7, 11) is 0. The summed E-state index contributed by atoms with van der Waals surface area (Å²) in [5.74, 6) is -0.253. The highest BCUT2D eigenvalue weighted by atomic mass is 19.1. The summed E-state index contributed by atoms with van der Waals surface area (Å²) < 4.78 is 15.6. The van der Waals surface area contributed by atoms with E-state index in [1.807, 2.05) is 72.8 Å². The average Bonchev–Trinajstić information content (AvgIpc) is 3.02. The second-order valence-electron chi connectivity index (χ2n) is 9.91. The van der Waals surface area contributed by atoms with E-state index in [0.29, 0.717) is 10.8 Å². The molecule has 1 aromatic heterocycles. The Balaban J connectivity index is 1.48. The van der Waals surface area contributed by atoms with Crippen molar-refractivity contribution in [3.8, 4) is 39.1 Å². The third-order valence-electron chi connectivity index (χ3n) is 7.48. The molecule has 1 heterocycles. The third kappa shape index (κ3) is 4.18. The molecule has 3 heteroatoms. The molecule has 0 N–H and O–H groups in total. The van der Waals surface area contributed by atoms with Crippen molar-refractivity contribution >= 4 is 21.8 Å². The molecule has 0 aliphatic heterocycles. The zero-order valence-electron chi connectivity index (χ0n) is 21.6. The minimum Gasteiger partial charge on any atom is -0.309 e. The molecule has 0 aliphatic rings. The molecule has 0 atom stereocenters. The van der Waals surface area contributed by atoms with E-state index < -0.39 is 0 Å². The number of benzene rings is 6. The van der Waals surface area contributed by atoms with E-state index in [2.05, 4.69) is 53.1 Å². The number of fused-ring (bicyclic) bond motifs is 2. The lowest BCUT2D eigenvalue weighted by molar-refractivity contribution is 0.628. The van der Waals surface area contributed by atoms with Gasteiger partial charge in [-0.05, 0) is 81.9 Å². The van der Waals surface area contributed by atoms with Crippen molar-refractivity contribution in [2.75, 3.05) is 0 Å². The Kier molecular flexibility index (Phi) is 5.83. The first-order valence-electron chi connectivity index (χ1n) is 13.3. The van der Waals surface area contributed by atoms with Crippen molar-refractivity contribution in [1.82, 2.24) is 4.57 Å². The van der Waals surface area contributed by atoms with Gasteiger partial charge in [0.25, 0.3) is 0 Å². The Labute approximate surface area is 231 Å². The molecular formula is C37H24FNO. The highest BCUT2D eigenvalue weighted by Gasteiger charge is 2.15. The fourth-order valence-corrected chi connectivity index (χ4v) is 5.44. The molecule has 0 spiro atoms. The van der Waals surface area contributed by atoms with Crippen LogP contribution in [0.2, 0.25) is 0 Å². The number of aromatic nitrogens is 1. The topological polar surface area (TPSA) is 22.0 Å². The maximum atomic E-state index is 14.1. The second-order valence-corrected chi connectivity index (χ2v) is 9.91. The largest absolute Gasteiger partial charge is 0.309 e. The van der Waals surface area contributed by atoms with Gasteiger partial charge in [-0.2, -0.15) is 0 Å². The summed E-state index contributed by atoms with van der Waals surface area (Å²) in [6.07, 6.45) is 0. The summed E-state index contributed by atoms with van der Waals surface area (Å²) in [5, 5.41) is 1.34. The van der Waals surface area contributed by atoms with Gasteiger partial charge in [-0.25, -0.2) is 4.39 Å². The molecule has 0 saturated carbocycles. The maximum absolute atomic E-state index is 14.1. The van der Waals surface area contributed by atoms with Crippen molar-refractivity contribution in [1.29, 1.82) is 0 Å². The summed E-state index contributed by atoms with van der Waals surface area (Å²) in [4.78, 5) is 14.1. The molecule has 0 saturated heterocycles. The number of halogens is 1. The van der Waals surface area contributed by atoms with Crippen LogP contribution >= 0.6 is 0 Å². The maximum Gasteiger partial charge on any atom is 0.197 e. The zero-order valence-corrected chi connectivity index (χ0v) is 21.6. The number of nitrogens with zero attached hydrogens (tertiary/aromatic N) is 1. The first kappa shape index (κ1) is 23.8. The molecular weight excluding hydrogens is 493 g/mol. The first-order chi connectivity index (χ1) is 19.7. The Morgan fingerprint density at radius 3 is 1.30 bits per heavy atom. The van der Waals surface area contributed by atoms with Crippen LogP contribution in [0.4, 0.5) is 4.39 Å². The summed E-state index contributed by atoms with van der Waals surface area (Å²) >= 11 is 0. The predicted molar refractivity (Wildman–Crippen MR) is 163 cm³/mol. The van der Waals surface area contributed by atoms with E-state index in [1.54, 1.807) is 12.1 Å². The van der Waals surface area contributed by atoms with Gasteiger partial charge in [0.2, 0.25) is 0 Å². The molecule has 7 aromatic rings. The van der Waals surface area contributed by atoms with E-state index in [1.165, 1.54) is 12.1 Å². The number of rotatable bonds is 4. The Morgan fingerprint density at radius 1 is 0.425 bits per heavy atom. The second kappa shape index (κ2) is 9.79. The SMILES string of the molecule is O=c1c2cc(-c3ccccc3)ccc2n(-c2ccc(-c3ccc(F)cc3)cc2)c2ccc(-c3ccccc3)cc12. The van der Waals surface area contributed by atoms with Crippen LogP contribution in [0.1, 0.15) is 0 Å². The zero-order chi connectivity index (χ0) is 27.1. The van der Waals surface area contributed by atoms with Crippen LogP contribution < -0.4 is 5.43 Å². The van der Waals surface area contributed by atoms with E-state index in [4.69, 9.17) is 0 Å². The van der Waals surface area contributed by atoms with E-state index in [-0.39, 0.29) is 11.2 Å². The van der Waals surface area contributed by atoms with Gasteiger partial charge in [0.1, 0.15) is 5.82 Å². The van der Waals surface area contributed by atoms with Crippen LogP contribution in [0, 0.1) is 5.82 Å². The van der Waals surface area contributed by atoms with Crippen LogP contribution in [-0.4, -0.2) is 4.57 Å². The van der Waals surface area contributed by atoms with Gasteiger partial charge in [-0.3, -0.25) is 4.79 Å². The van der Waals surface area contributed by atoms with Crippen molar-refractivity contribution in [3.05, 3.63) is 162 Å². The molecule has 7 rings (SSSR count). The van der Waals surface area contributed by atoms with Gasteiger partial charge >= 0.3 is 0 Å². The van der Waals surface area contributed by atoms with Crippen LogP contribution in [0.25, 0.3) is 60.9 Å². The van der Waals surface area contributed by atoms with Crippen LogP contribution in [0.15, 0.2) is 150 Å². The number of hydrogen-bond acceptors (Lipinski definition) is 1. The lowest BCUT2D eigenvalue weighted by Crippen LogP contribution is -2.11. The molecule has 2 nitrogen and oxygen atoms in total. The normalized spacial score (nSPS) is 11.2. The van der Waals surface area contributed by atoms with E-state index in [9.17, 15) is 9.18 Å². The van der Waals surface area contributed by atoms with Gasteiger partial charge in [-0.15, -0.1) is 0 Å². The quantitative estimate of drug-likeness (QED) is 0.213. The third-order valence-corrected chi connectivity index (χ3v) is 7.48. The fourth-order valence-electron chi connectivity index (χ4n) is 5.44. The average molecular weight is 518 g/mol. The Morgan fingerprint density at radius 2 is 0.825 bits per heavy atom. The van der Waals surface area contributed by atoms with Gasteiger partial charge < -0.3 is 4.57 Å².